The van der Waals surface area contributed by atoms with Crippen LogP contribution < -0.4 is 0 Å². The first kappa shape index (κ1) is 15.2. The molecule has 1 unspecified atom stereocenters. The molecular formula is C13H18Br2O2. The highest BCUT2D eigenvalue weighted by atomic mass is 79.9. The lowest BCUT2D eigenvalue weighted by Gasteiger charge is -2.16. The van der Waals surface area contributed by atoms with Gasteiger partial charge in [-0.25, -0.2) is 0 Å². The summed E-state index contributed by atoms with van der Waals surface area (Å²) in [5.41, 5.74) is 1.18. The monoisotopic (exact) mass is 364 g/mol. The van der Waals surface area contributed by atoms with Crippen molar-refractivity contribution in [1.82, 2.24) is 0 Å². The van der Waals surface area contributed by atoms with E-state index >= 15 is 0 Å². The lowest BCUT2D eigenvalue weighted by Crippen LogP contribution is -2.13. The summed E-state index contributed by atoms with van der Waals surface area (Å²) in [6.45, 7) is 5.30. The van der Waals surface area contributed by atoms with E-state index in [-0.39, 0.29) is 12.2 Å². The quantitative estimate of drug-likeness (QED) is 0.529. The van der Waals surface area contributed by atoms with E-state index in [1.165, 1.54) is 5.56 Å². The Morgan fingerprint density at radius 2 is 1.65 bits per heavy atom. The van der Waals surface area contributed by atoms with E-state index < -0.39 is 0 Å². The zero-order valence-electron chi connectivity index (χ0n) is 10.2. The van der Waals surface area contributed by atoms with Crippen molar-refractivity contribution in [2.24, 2.45) is 0 Å². The summed E-state index contributed by atoms with van der Waals surface area (Å²) >= 11 is 6.90. The van der Waals surface area contributed by atoms with Gasteiger partial charge >= 0.3 is 0 Å². The predicted octanol–water partition coefficient (Wildman–Crippen LogP) is 4.33. The van der Waals surface area contributed by atoms with Crippen molar-refractivity contribution in [2.75, 3.05) is 18.5 Å². The molecule has 0 bridgehead atoms. The fraction of sp³-hybridized carbons (Fsp3) is 0.538. The molecule has 0 aliphatic carbocycles. The first-order chi connectivity index (χ1) is 8.13. The highest BCUT2D eigenvalue weighted by Crippen LogP contribution is 2.21. The van der Waals surface area contributed by atoms with Gasteiger partial charge in [-0.3, -0.25) is 0 Å². The van der Waals surface area contributed by atoms with Crippen molar-refractivity contribution >= 4 is 31.9 Å². The predicted molar refractivity (Wildman–Crippen MR) is 77.7 cm³/mol. The Labute approximate surface area is 120 Å². The summed E-state index contributed by atoms with van der Waals surface area (Å²) in [5.74, 6) is 0. The number of hydrogen-bond donors (Lipinski definition) is 0. The molecule has 0 spiro atoms. The van der Waals surface area contributed by atoms with Crippen LogP contribution >= 0.6 is 31.9 Å². The molecule has 0 fully saturated rings. The van der Waals surface area contributed by atoms with Crippen LogP contribution in [0.3, 0.4) is 0 Å². The van der Waals surface area contributed by atoms with Gasteiger partial charge in [0, 0.05) is 9.80 Å². The largest absolute Gasteiger partial charge is 0.376 e. The van der Waals surface area contributed by atoms with E-state index in [9.17, 15) is 0 Å². The zero-order valence-corrected chi connectivity index (χ0v) is 13.3. The third-order valence-electron chi connectivity index (χ3n) is 2.24. The zero-order chi connectivity index (χ0) is 12.7. The molecule has 0 radical (unpaired) electrons. The Kier molecular flexibility index (Phi) is 7.35. The average Bonchev–Trinajstić information content (AvgIpc) is 2.30. The van der Waals surface area contributed by atoms with Gasteiger partial charge in [-0.15, -0.1) is 0 Å². The fourth-order valence-electron chi connectivity index (χ4n) is 1.38. The highest BCUT2D eigenvalue weighted by molar-refractivity contribution is 9.10. The van der Waals surface area contributed by atoms with Gasteiger partial charge in [0.15, 0.2) is 0 Å². The molecule has 2 nitrogen and oxygen atoms in total. The molecule has 96 valence electrons. The summed E-state index contributed by atoms with van der Waals surface area (Å²) in [6, 6.07) is 8.19. The molecule has 0 saturated carbocycles. The summed E-state index contributed by atoms with van der Waals surface area (Å²) in [4.78, 5) is 0. The second-order valence-corrected chi connectivity index (χ2v) is 5.55. The van der Waals surface area contributed by atoms with Crippen LogP contribution in [0.2, 0.25) is 0 Å². The molecule has 0 heterocycles. The van der Waals surface area contributed by atoms with Gasteiger partial charge in [0.2, 0.25) is 0 Å². The van der Waals surface area contributed by atoms with Crippen molar-refractivity contribution in [3.63, 3.8) is 0 Å². The Morgan fingerprint density at radius 3 is 2.18 bits per heavy atom. The lowest BCUT2D eigenvalue weighted by atomic mass is 10.1. The van der Waals surface area contributed by atoms with Gasteiger partial charge < -0.3 is 9.47 Å². The molecule has 17 heavy (non-hydrogen) atoms. The Hall–Kier alpha value is 0.1000. The standard InChI is InChI=1S/C13H18Br2O2/c1-10(2)16-7-8-17-13(9-14)11-3-5-12(15)6-4-11/h3-6,10,13H,7-9H2,1-2H3. The maximum absolute atomic E-state index is 5.78. The molecule has 0 N–H and O–H groups in total. The Bertz CT molecular complexity index is 312. The molecular weight excluding hydrogens is 348 g/mol. The number of rotatable bonds is 7. The van der Waals surface area contributed by atoms with Crippen molar-refractivity contribution in [1.29, 1.82) is 0 Å². The second-order valence-electron chi connectivity index (χ2n) is 3.98. The summed E-state index contributed by atoms with van der Waals surface area (Å²) < 4.78 is 12.3. The first-order valence-corrected chi connectivity index (χ1v) is 7.59. The fourth-order valence-corrected chi connectivity index (χ4v) is 2.21. The van der Waals surface area contributed by atoms with Gasteiger partial charge in [0.1, 0.15) is 0 Å². The van der Waals surface area contributed by atoms with Crippen molar-refractivity contribution < 1.29 is 9.47 Å². The van der Waals surface area contributed by atoms with E-state index in [1.54, 1.807) is 0 Å². The SMILES string of the molecule is CC(C)OCCOC(CBr)c1ccc(Br)cc1. The van der Waals surface area contributed by atoms with E-state index in [4.69, 9.17) is 9.47 Å². The molecule has 1 rings (SSSR count). The third-order valence-corrected chi connectivity index (χ3v) is 3.35. The van der Waals surface area contributed by atoms with Crippen molar-refractivity contribution in [3.05, 3.63) is 34.3 Å². The van der Waals surface area contributed by atoms with Gasteiger partial charge in [-0.05, 0) is 31.5 Å². The van der Waals surface area contributed by atoms with E-state index in [0.29, 0.717) is 13.2 Å². The average molecular weight is 366 g/mol. The number of alkyl halides is 1. The second kappa shape index (κ2) is 8.25. The minimum absolute atomic E-state index is 0.0823. The maximum Gasteiger partial charge on any atom is 0.0922 e. The minimum Gasteiger partial charge on any atom is -0.376 e. The number of halogens is 2. The van der Waals surface area contributed by atoms with Crippen LogP contribution in [0, 0.1) is 0 Å². The lowest BCUT2D eigenvalue weighted by molar-refractivity contribution is -0.00553. The molecule has 1 atom stereocenters. The summed E-state index contributed by atoms with van der Waals surface area (Å²) in [7, 11) is 0. The molecule has 0 aliphatic rings. The molecule has 0 saturated heterocycles. The van der Waals surface area contributed by atoms with Gasteiger partial charge in [0.25, 0.3) is 0 Å². The van der Waals surface area contributed by atoms with Crippen LogP contribution in [0.1, 0.15) is 25.5 Å². The first-order valence-electron chi connectivity index (χ1n) is 5.68. The smallest absolute Gasteiger partial charge is 0.0922 e. The summed E-state index contributed by atoms with van der Waals surface area (Å²) in [6.07, 6.45) is 0.340. The summed E-state index contributed by atoms with van der Waals surface area (Å²) in [5, 5.41) is 0.788. The molecule has 0 aliphatic heterocycles. The van der Waals surface area contributed by atoms with Crippen LogP contribution in [0.25, 0.3) is 0 Å². The Morgan fingerprint density at radius 1 is 1.06 bits per heavy atom. The molecule has 4 heteroatoms. The topological polar surface area (TPSA) is 18.5 Å². The molecule has 0 amide bonds. The van der Waals surface area contributed by atoms with Crippen molar-refractivity contribution in [2.45, 2.75) is 26.1 Å². The maximum atomic E-state index is 5.78. The number of ether oxygens (including phenoxy) is 2. The Balaban J connectivity index is 2.40. The van der Waals surface area contributed by atoms with Crippen LogP contribution in [-0.2, 0) is 9.47 Å². The number of benzene rings is 1. The van der Waals surface area contributed by atoms with E-state index in [0.717, 1.165) is 9.80 Å². The van der Waals surface area contributed by atoms with Gasteiger partial charge in [-0.1, -0.05) is 44.0 Å². The normalized spacial score (nSPS) is 13.0. The van der Waals surface area contributed by atoms with Crippen LogP contribution in [-0.4, -0.2) is 24.6 Å². The van der Waals surface area contributed by atoms with Crippen LogP contribution in [0.5, 0.6) is 0 Å². The minimum atomic E-state index is 0.0823. The molecule has 0 aromatic heterocycles. The highest BCUT2D eigenvalue weighted by Gasteiger charge is 2.10. The van der Waals surface area contributed by atoms with Crippen molar-refractivity contribution in [3.8, 4) is 0 Å². The molecule has 1 aromatic carbocycles. The van der Waals surface area contributed by atoms with Gasteiger partial charge in [-0.2, -0.15) is 0 Å². The molecule has 1 aromatic rings. The number of hydrogen-bond acceptors (Lipinski definition) is 2. The van der Waals surface area contributed by atoms with E-state index in [1.807, 2.05) is 26.0 Å². The van der Waals surface area contributed by atoms with Crippen LogP contribution in [0.15, 0.2) is 28.7 Å². The third kappa shape index (κ3) is 6.00. The van der Waals surface area contributed by atoms with Gasteiger partial charge in [0.05, 0.1) is 25.4 Å². The van der Waals surface area contributed by atoms with E-state index in [2.05, 4.69) is 44.0 Å². The van der Waals surface area contributed by atoms with Crippen LogP contribution in [0.4, 0.5) is 0 Å².